The zero-order valence-electron chi connectivity index (χ0n) is 10.7. The first-order chi connectivity index (χ1) is 9.22. The average molecular weight is 263 g/mol. The van der Waals surface area contributed by atoms with Crippen LogP contribution in [-0.2, 0) is 6.42 Å². The summed E-state index contributed by atoms with van der Waals surface area (Å²) in [6.07, 6.45) is 0.133. The van der Waals surface area contributed by atoms with Crippen LogP contribution in [0.4, 0.5) is 0 Å². The normalized spacial score (nSPS) is 12.4. The van der Waals surface area contributed by atoms with Crippen molar-refractivity contribution in [3.63, 3.8) is 0 Å². The molecule has 1 heterocycles. The molecule has 0 amide bonds. The number of hydrogen-bond donors (Lipinski definition) is 2. The van der Waals surface area contributed by atoms with Crippen LogP contribution in [0, 0.1) is 0 Å². The molecule has 0 aliphatic rings. The van der Waals surface area contributed by atoms with E-state index >= 15 is 0 Å². The number of aliphatic hydroxyl groups excluding tert-OH is 1. The molecule has 1 aromatic carbocycles. The third kappa shape index (κ3) is 3.52. The fraction of sp³-hybridized carbons (Fsp3) is 0.385. The Labute approximate surface area is 111 Å². The van der Waals surface area contributed by atoms with Gasteiger partial charge in [-0.2, -0.15) is 4.98 Å². The molecule has 102 valence electrons. The van der Waals surface area contributed by atoms with E-state index in [1.54, 1.807) is 7.11 Å². The lowest BCUT2D eigenvalue weighted by molar-refractivity contribution is 0.127. The van der Waals surface area contributed by atoms with Crippen LogP contribution in [0.25, 0.3) is 0 Å². The summed E-state index contributed by atoms with van der Waals surface area (Å²) in [5.41, 5.74) is 6.38. The van der Waals surface area contributed by atoms with Crippen LogP contribution >= 0.6 is 0 Å². The van der Waals surface area contributed by atoms with Crippen molar-refractivity contribution in [3.05, 3.63) is 41.5 Å². The summed E-state index contributed by atoms with van der Waals surface area (Å²) >= 11 is 0. The first kappa shape index (κ1) is 13.5. The highest BCUT2D eigenvalue weighted by Gasteiger charge is 2.15. The van der Waals surface area contributed by atoms with Gasteiger partial charge >= 0.3 is 0 Å². The number of nitrogens with two attached hydrogens (primary N) is 1. The molecule has 2 aromatic rings. The van der Waals surface area contributed by atoms with E-state index < -0.39 is 6.10 Å². The van der Waals surface area contributed by atoms with Crippen molar-refractivity contribution in [2.75, 3.05) is 13.7 Å². The largest absolute Gasteiger partial charge is 0.497 e. The molecule has 0 unspecified atom stereocenters. The van der Waals surface area contributed by atoms with E-state index in [1.807, 2.05) is 24.3 Å². The molecule has 0 aliphatic carbocycles. The minimum absolute atomic E-state index is 0.211. The lowest BCUT2D eigenvalue weighted by atomic mass is 10.1. The lowest BCUT2D eigenvalue weighted by Gasteiger charge is -2.02. The van der Waals surface area contributed by atoms with Crippen LogP contribution < -0.4 is 10.5 Å². The van der Waals surface area contributed by atoms with E-state index in [1.165, 1.54) is 0 Å². The van der Waals surface area contributed by atoms with Gasteiger partial charge in [0.15, 0.2) is 5.82 Å². The Morgan fingerprint density at radius 2 is 2.32 bits per heavy atom. The van der Waals surface area contributed by atoms with Crippen molar-refractivity contribution in [2.45, 2.75) is 18.9 Å². The summed E-state index contributed by atoms with van der Waals surface area (Å²) in [4.78, 5) is 4.16. The third-order valence-corrected chi connectivity index (χ3v) is 2.71. The molecular formula is C13H17N3O3. The molecule has 1 atom stereocenters. The number of benzene rings is 1. The van der Waals surface area contributed by atoms with Gasteiger partial charge in [0, 0.05) is 6.42 Å². The van der Waals surface area contributed by atoms with Gasteiger partial charge in [-0.15, -0.1) is 0 Å². The molecule has 19 heavy (non-hydrogen) atoms. The number of rotatable bonds is 6. The second kappa shape index (κ2) is 6.31. The number of nitrogens with zero attached hydrogens (tertiary/aromatic N) is 2. The highest BCUT2D eigenvalue weighted by molar-refractivity contribution is 5.30. The van der Waals surface area contributed by atoms with E-state index in [4.69, 9.17) is 15.0 Å². The lowest BCUT2D eigenvalue weighted by Crippen LogP contribution is -2.07. The number of methoxy groups -OCH3 is 1. The van der Waals surface area contributed by atoms with Gasteiger partial charge in [0.2, 0.25) is 0 Å². The minimum atomic E-state index is -0.795. The second-order valence-electron chi connectivity index (χ2n) is 4.17. The van der Waals surface area contributed by atoms with Gasteiger partial charge in [-0.1, -0.05) is 17.3 Å². The van der Waals surface area contributed by atoms with E-state index in [-0.39, 0.29) is 5.89 Å². The van der Waals surface area contributed by atoms with Crippen LogP contribution in [0.3, 0.4) is 0 Å². The number of hydrogen-bond acceptors (Lipinski definition) is 6. The van der Waals surface area contributed by atoms with Crippen LogP contribution in [-0.4, -0.2) is 28.9 Å². The molecular weight excluding hydrogens is 246 g/mol. The van der Waals surface area contributed by atoms with Crippen LogP contribution in [0.5, 0.6) is 5.75 Å². The fourth-order valence-electron chi connectivity index (χ4n) is 1.72. The molecule has 6 nitrogen and oxygen atoms in total. The summed E-state index contributed by atoms with van der Waals surface area (Å²) in [6.45, 7) is 0.370. The van der Waals surface area contributed by atoms with Gasteiger partial charge in [-0.05, 0) is 30.7 Å². The van der Waals surface area contributed by atoms with Crippen molar-refractivity contribution in [2.24, 2.45) is 5.73 Å². The monoisotopic (exact) mass is 263 g/mol. The summed E-state index contributed by atoms with van der Waals surface area (Å²) in [6, 6.07) is 7.63. The highest BCUT2D eigenvalue weighted by atomic mass is 16.5. The molecule has 0 radical (unpaired) electrons. The van der Waals surface area contributed by atoms with Crippen molar-refractivity contribution in [3.8, 4) is 5.75 Å². The van der Waals surface area contributed by atoms with Gasteiger partial charge in [0.25, 0.3) is 5.89 Å². The van der Waals surface area contributed by atoms with E-state index in [0.29, 0.717) is 25.2 Å². The smallest absolute Gasteiger partial charge is 0.255 e. The van der Waals surface area contributed by atoms with Crippen molar-refractivity contribution >= 4 is 0 Å². The predicted molar refractivity (Wildman–Crippen MR) is 68.7 cm³/mol. The number of aliphatic hydroxyl groups is 1. The summed E-state index contributed by atoms with van der Waals surface area (Å²) < 4.78 is 10.2. The standard InChI is InChI=1S/C13H17N3O3/c1-18-10-4-2-3-9(7-10)8-12-15-13(19-16-12)11(17)5-6-14/h2-4,7,11,17H,5-6,8,14H2,1H3/t11-/m0/s1. The maximum atomic E-state index is 9.69. The Morgan fingerprint density at radius 3 is 3.05 bits per heavy atom. The average Bonchev–Trinajstić information content (AvgIpc) is 2.88. The Morgan fingerprint density at radius 1 is 1.47 bits per heavy atom. The minimum Gasteiger partial charge on any atom is -0.497 e. The quantitative estimate of drug-likeness (QED) is 0.809. The molecule has 0 saturated heterocycles. The molecule has 2 rings (SSSR count). The molecule has 0 spiro atoms. The zero-order valence-corrected chi connectivity index (χ0v) is 10.7. The first-order valence-electron chi connectivity index (χ1n) is 6.06. The van der Waals surface area contributed by atoms with E-state index in [0.717, 1.165) is 11.3 Å². The van der Waals surface area contributed by atoms with Crippen molar-refractivity contribution in [1.82, 2.24) is 10.1 Å². The Bertz CT molecular complexity index is 527. The molecule has 1 aromatic heterocycles. The molecule has 0 fully saturated rings. The van der Waals surface area contributed by atoms with Gasteiger partial charge < -0.3 is 20.1 Å². The van der Waals surface area contributed by atoms with E-state index in [9.17, 15) is 5.11 Å². The van der Waals surface area contributed by atoms with Gasteiger partial charge in [-0.3, -0.25) is 0 Å². The van der Waals surface area contributed by atoms with Crippen LogP contribution in [0.2, 0.25) is 0 Å². The van der Waals surface area contributed by atoms with Gasteiger partial charge in [0.1, 0.15) is 11.9 Å². The van der Waals surface area contributed by atoms with Crippen LogP contribution in [0.1, 0.15) is 29.8 Å². The first-order valence-corrected chi connectivity index (χ1v) is 6.06. The fourth-order valence-corrected chi connectivity index (χ4v) is 1.72. The topological polar surface area (TPSA) is 94.4 Å². The SMILES string of the molecule is COc1cccc(Cc2noc([C@@H](O)CCN)n2)c1. The maximum absolute atomic E-state index is 9.69. The summed E-state index contributed by atoms with van der Waals surface area (Å²) in [7, 11) is 1.62. The molecule has 6 heteroatoms. The molecule has 0 aliphatic heterocycles. The van der Waals surface area contributed by atoms with Crippen molar-refractivity contribution < 1.29 is 14.4 Å². The van der Waals surface area contributed by atoms with Gasteiger partial charge in [0.05, 0.1) is 7.11 Å². The highest BCUT2D eigenvalue weighted by Crippen LogP contribution is 2.17. The molecule has 0 bridgehead atoms. The second-order valence-corrected chi connectivity index (χ2v) is 4.17. The maximum Gasteiger partial charge on any atom is 0.255 e. The summed E-state index contributed by atoms with van der Waals surface area (Å²) in [5, 5.41) is 13.5. The Kier molecular flexibility index (Phi) is 4.48. The summed E-state index contributed by atoms with van der Waals surface area (Å²) in [5.74, 6) is 1.52. The van der Waals surface area contributed by atoms with Crippen LogP contribution in [0.15, 0.2) is 28.8 Å². The van der Waals surface area contributed by atoms with Gasteiger partial charge in [-0.25, -0.2) is 0 Å². The van der Waals surface area contributed by atoms with E-state index in [2.05, 4.69) is 10.1 Å². The zero-order chi connectivity index (χ0) is 13.7. The Balaban J connectivity index is 2.06. The Hall–Kier alpha value is -1.92. The third-order valence-electron chi connectivity index (χ3n) is 2.71. The number of ether oxygens (including phenoxy) is 1. The number of aromatic nitrogens is 2. The predicted octanol–water partition coefficient (Wildman–Crippen LogP) is 1.05. The molecule has 3 N–H and O–H groups in total. The van der Waals surface area contributed by atoms with Crippen molar-refractivity contribution in [1.29, 1.82) is 0 Å². The molecule has 0 saturated carbocycles.